The number of rotatable bonds is 2. The second-order valence-electron chi connectivity index (χ2n) is 3.16. The summed E-state index contributed by atoms with van der Waals surface area (Å²) in [5.74, 6) is 0.686. The Hall–Kier alpha value is -1.55. The van der Waals surface area contributed by atoms with Crippen molar-refractivity contribution in [3.63, 3.8) is 0 Å². The van der Waals surface area contributed by atoms with Crippen LogP contribution in [0.3, 0.4) is 0 Å². The van der Waals surface area contributed by atoms with Crippen molar-refractivity contribution in [3.05, 3.63) is 62.7 Å². The summed E-state index contributed by atoms with van der Waals surface area (Å²) in [7, 11) is 0. The van der Waals surface area contributed by atoms with Crippen LogP contribution in [0.4, 0.5) is 0 Å². The highest BCUT2D eigenvalue weighted by Crippen LogP contribution is 2.29. The van der Waals surface area contributed by atoms with Crippen molar-refractivity contribution in [1.29, 1.82) is 0 Å². The fourth-order valence-electron chi connectivity index (χ4n) is 1.35. The van der Waals surface area contributed by atoms with Gasteiger partial charge in [0, 0.05) is 11.8 Å². The van der Waals surface area contributed by atoms with Crippen LogP contribution in [0.25, 0.3) is 6.08 Å². The van der Waals surface area contributed by atoms with E-state index >= 15 is 0 Å². The lowest BCUT2D eigenvalue weighted by Crippen LogP contribution is -1.89. The molecule has 0 aromatic heterocycles. The average molecular weight is 219 g/mol. The first-order valence-electron chi connectivity index (χ1n) is 4.50. The van der Waals surface area contributed by atoms with Crippen LogP contribution in [0.2, 0.25) is 0 Å². The van der Waals surface area contributed by atoms with Crippen molar-refractivity contribution in [2.75, 3.05) is 5.75 Å². The molecule has 1 aromatic carbocycles. The van der Waals surface area contributed by atoms with Crippen LogP contribution in [0, 0.1) is 10.1 Å². The summed E-state index contributed by atoms with van der Waals surface area (Å²) >= 11 is 1.27. The predicted molar refractivity (Wildman–Crippen MR) is 62.0 cm³/mol. The first kappa shape index (κ1) is 9.98. The van der Waals surface area contributed by atoms with Gasteiger partial charge in [0.1, 0.15) is 0 Å². The Kier molecular flexibility index (Phi) is 2.87. The van der Waals surface area contributed by atoms with Crippen molar-refractivity contribution in [1.82, 2.24) is 0 Å². The van der Waals surface area contributed by atoms with Crippen LogP contribution in [-0.4, -0.2) is 10.7 Å². The topological polar surface area (TPSA) is 43.1 Å². The number of thioether (sulfide) groups is 1. The molecule has 15 heavy (non-hydrogen) atoms. The maximum absolute atomic E-state index is 10.5. The molecule has 76 valence electrons. The Balaban J connectivity index is 2.21. The third-order valence-electron chi connectivity index (χ3n) is 2.03. The third-order valence-corrected chi connectivity index (χ3v) is 3.07. The monoisotopic (exact) mass is 219 g/mol. The smallest absolute Gasteiger partial charge is 0.258 e. The summed E-state index contributed by atoms with van der Waals surface area (Å²) in [4.78, 5) is 10.2. The molecule has 0 fully saturated rings. The normalized spacial score (nSPS) is 17.9. The molecule has 2 rings (SSSR count). The van der Waals surface area contributed by atoms with Gasteiger partial charge in [0.15, 0.2) is 0 Å². The van der Waals surface area contributed by atoms with Gasteiger partial charge in [0.2, 0.25) is 0 Å². The van der Waals surface area contributed by atoms with Gasteiger partial charge in [-0.25, -0.2) is 0 Å². The fourth-order valence-corrected chi connectivity index (χ4v) is 2.17. The van der Waals surface area contributed by atoms with Crippen molar-refractivity contribution in [2.45, 2.75) is 0 Å². The molecule has 0 aliphatic carbocycles. The number of benzene rings is 1. The quantitative estimate of drug-likeness (QED) is 0.567. The highest BCUT2D eigenvalue weighted by molar-refractivity contribution is 8.03. The largest absolute Gasteiger partial charge is 0.303 e. The third kappa shape index (κ3) is 2.47. The maximum Gasteiger partial charge on any atom is 0.303 e. The number of nitrogens with zero attached hydrogens (tertiary/aromatic N) is 1. The zero-order valence-electron chi connectivity index (χ0n) is 7.92. The van der Waals surface area contributed by atoms with Crippen LogP contribution in [0.1, 0.15) is 5.56 Å². The molecule has 0 unspecified atom stereocenters. The maximum atomic E-state index is 10.5. The minimum Gasteiger partial charge on any atom is -0.258 e. The van der Waals surface area contributed by atoms with Gasteiger partial charge in [-0.2, -0.15) is 0 Å². The highest BCUT2D eigenvalue weighted by atomic mass is 32.2. The molecule has 3 nitrogen and oxygen atoms in total. The first-order valence-corrected chi connectivity index (χ1v) is 5.49. The summed E-state index contributed by atoms with van der Waals surface area (Å²) in [6.45, 7) is 0. The van der Waals surface area contributed by atoms with Crippen molar-refractivity contribution >= 4 is 17.8 Å². The van der Waals surface area contributed by atoms with E-state index in [1.807, 2.05) is 36.4 Å². The Morgan fingerprint density at radius 3 is 2.67 bits per heavy atom. The van der Waals surface area contributed by atoms with E-state index in [1.54, 1.807) is 6.08 Å². The van der Waals surface area contributed by atoms with E-state index in [0.717, 1.165) is 11.1 Å². The number of nitro groups is 1. The molecule has 0 amide bonds. The lowest BCUT2D eigenvalue weighted by molar-refractivity contribution is -0.410. The van der Waals surface area contributed by atoms with E-state index in [-0.39, 0.29) is 9.95 Å². The summed E-state index contributed by atoms with van der Waals surface area (Å²) in [6.07, 6.45) is 3.61. The lowest BCUT2D eigenvalue weighted by Gasteiger charge is -1.93. The summed E-state index contributed by atoms with van der Waals surface area (Å²) in [5, 5.41) is 10.7. The van der Waals surface area contributed by atoms with Gasteiger partial charge in [-0.3, -0.25) is 10.1 Å². The van der Waals surface area contributed by atoms with E-state index in [2.05, 4.69) is 0 Å². The Labute approximate surface area is 91.6 Å². The molecule has 0 N–H and O–H groups in total. The number of allylic oxidation sites excluding steroid dienone is 1. The van der Waals surface area contributed by atoms with Gasteiger partial charge in [-0.05, 0) is 22.9 Å². The summed E-state index contributed by atoms with van der Waals surface area (Å²) in [6, 6.07) is 9.81. The average Bonchev–Trinajstić information content (AvgIpc) is 2.68. The van der Waals surface area contributed by atoms with Crippen molar-refractivity contribution < 1.29 is 4.92 Å². The predicted octanol–water partition coefficient (Wildman–Crippen LogP) is 2.93. The molecular formula is C11H9NO2S. The lowest BCUT2D eigenvalue weighted by atomic mass is 10.1. The molecule has 0 atom stereocenters. The van der Waals surface area contributed by atoms with E-state index in [9.17, 15) is 10.1 Å². The van der Waals surface area contributed by atoms with Gasteiger partial charge in [0.25, 0.3) is 0 Å². The molecule has 1 heterocycles. The summed E-state index contributed by atoms with van der Waals surface area (Å²) in [5.41, 5.74) is 2.08. The molecule has 0 spiro atoms. The van der Waals surface area contributed by atoms with E-state index in [4.69, 9.17) is 0 Å². The number of hydrogen-bond donors (Lipinski definition) is 0. The molecule has 1 aliphatic rings. The van der Waals surface area contributed by atoms with E-state index in [0.29, 0.717) is 5.75 Å². The summed E-state index contributed by atoms with van der Waals surface area (Å²) < 4.78 is 0. The Morgan fingerprint density at radius 2 is 2.07 bits per heavy atom. The Morgan fingerprint density at radius 1 is 1.33 bits per heavy atom. The molecule has 1 aliphatic heterocycles. The van der Waals surface area contributed by atoms with Crippen LogP contribution in [0.5, 0.6) is 0 Å². The van der Waals surface area contributed by atoms with Gasteiger partial charge in [-0.15, -0.1) is 0 Å². The van der Waals surface area contributed by atoms with Crippen molar-refractivity contribution in [2.24, 2.45) is 0 Å². The molecule has 1 aromatic rings. The van der Waals surface area contributed by atoms with Gasteiger partial charge >= 0.3 is 5.03 Å². The van der Waals surface area contributed by atoms with Crippen LogP contribution >= 0.6 is 11.8 Å². The molecular weight excluding hydrogens is 210 g/mol. The minimum atomic E-state index is -0.337. The van der Waals surface area contributed by atoms with Gasteiger partial charge < -0.3 is 0 Å². The second kappa shape index (κ2) is 4.31. The fraction of sp³-hybridized carbons (Fsp3) is 0.0909. The zero-order chi connectivity index (χ0) is 10.7. The Bertz CT molecular complexity index is 437. The van der Waals surface area contributed by atoms with Gasteiger partial charge in [0.05, 0.1) is 4.92 Å². The molecule has 4 heteroatoms. The number of hydrogen-bond acceptors (Lipinski definition) is 3. The second-order valence-corrected chi connectivity index (χ2v) is 4.15. The van der Waals surface area contributed by atoms with Crippen LogP contribution in [0.15, 0.2) is 47.0 Å². The minimum absolute atomic E-state index is 0.234. The molecule has 0 saturated heterocycles. The molecule has 0 radical (unpaired) electrons. The van der Waals surface area contributed by atoms with Crippen LogP contribution in [-0.2, 0) is 0 Å². The standard InChI is InChI=1S/C11H9NO2S/c13-12(14)11-7-10(8-15-11)6-9-4-2-1-3-5-9/h1-7H,8H2. The van der Waals surface area contributed by atoms with Crippen molar-refractivity contribution in [3.8, 4) is 0 Å². The highest BCUT2D eigenvalue weighted by Gasteiger charge is 2.19. The van der Waals surface area contributed by atoms with Crippen LogP contribution < -0.4 is 0 Å². The van der Waals surface area contributed by atoms with E-state index < -0.39 is 0 Å². The SMILES string of the molecule is O=[N+]([O-])C1=CC(=Cc2ccccc2)CS1. The molecule has 0 saturated carbocycles. The van der Waals surface area contributed by atoms with Gasteiger partial charge in [-0.1, -0.05) is 36.4 Å². The zero-order valence-corrected chi connectivity index (χ0v) is 8.74. The van der Waals surface area contributed by atoms with E-state index in [1.165, 1.54) is 11.8 Å². The first-order chi connectivity index (χ1) is 7.25. The molecule has 0 bridgehead atoms.